The van der Waals surface area contributed by atoms with Crippen molar-refractivity contribution < 1.29 is 0 Å². The molecule has 2 aliphatic carbocycles. The Labute approximate surface area is 127 Å². The van der Waals surface area contributed by atoms with Gasteiger partial charge < -0.3 is 10.3 Å². The maximum atomic E-state index is 3.88. The van der Waals surface area contributed by atoms with Crippen LogP contribution in [0.15, 0.2) is 24.3 Å². The molecule has 2 nitrogen and oxygen atoms in total. The first-order chi connectivity index (χ1) is 10.3. The van der Waals surface area contributed by atoms with Crippen molar-refractivity contribution in [2.45, 2.75) is 51.5 Å². The van der Waals surface area contributed by atoms with Gasteiger partial charge in [0, 0.05) is 22.6 Å². The summed E-state index contributed by atoms with van der Waals surface area (Å²) in [6.45, 7) is 3.62. The summed E-state index contributed by atoms with van der Waals surface area (Å²) in [7, 11) is 0. The van der Waals surface area contributed by atoms with E-state index in [2.05, 4.69) is 41.5 Å². The van der Waals surface area contributed by atoms with Crippen molar-refractivity contribution in [1.82, 2.24) is 10.3 Å². The monoisotopic (exact) mass is 282 g/mol. The first kappa shape index (κ1) is 13.4. The number of benzene rings is 1. The Kier molecular flexibility index (Phi) is 3.50. The zero-order chi connectivity index (χ0) is 14.2. The second-order valence-corrected chi connectivity index (χ2v) is 7.08. The molecular weight excluding hydrogens is 256 g/mol. The number of hydrogen-bond donors (Lipinski definition) is 2. The van der Waals surface area contributed by atoms with E-state index >= 15 is 0 Å². The van der Waals surface area contributed by atoms with Gasteiger partial charge in [0.05, 0.1) is 0 Å². The fraction of sp³-hybridized carbons (Fsp3) is 0.579. The van der Waals surface area contributed by atoms with Gasteiger partial charge in [-0.3, -0.25) is 0 Å². The molecule has 0 amide bonds. The van der Waals surface area contributed by atoms with Gasteiger partial charge in [-0.15, -0.1) is 0 Å². The maximum Gasteiger partial charge on any atom is 0.0476 e. The van der Waals surface area contributed by atoms with Crippen LogP contribution in [0.3, 0.4) is 0 Å². The van der Waals surface area contributed by atoms with Gasteiger partial charge in [0.1, 0.15) is 0 Å². The first-order valence-corrected chi connectivity index (χ1v) is 8.66. The Hall–Kier alpha value is -1.28. The van der Waals surface area contributed by atoms with Gasteiger partial charge >= 0.3 is 0 Å². The van der Waals surface area contributed by atoms with Crippen LogP contribution in [0.1, 0.15) is 56.3 Å². The number of aryl methyl sites for hydroxylation is 1. The molecule has 0 aliphatic heterocycles. The minimum Gasteiger partial charge on any atom is -0.357 e. The number of nitrogens with one attached hydrogen (secondary N) is 2. The van der Waals surface area contributed by atoms with Crippen LogP contribution in [-0.4, -0.2) is 11.5 Å². The zero-order valence-electron chi connectivity index (χ0n) is 13.0. The molecule has 2 N–H and O–H groups in total. The smallest absolute Gasteiger partial charge is 0.0476 e. The molecular formula is C19H26N2. The Balaban J connectivity index is 1.55. The standard InChI is InChI=1S/C19H26N2/c1-13-6-4-7-14(13)12-20-18-11-5-9-16-15-8-2-3-10-17(15)21-19(16)18/h2-3,8,10,13-14,18,20-21H,4-7,9,11-12H2,1H3. The molecule has 0 bridgehead atoms. The Morgan fingerprint density at radius 2 is 2.05 bits per heavy atom. The SMILES string of the molecule is CC1CCCC1CNC1CCCc2c1[nH]c1ccccc21. The predicted octanol–water partition coefficient (Wildman–Crippen LogP) is 4.57. The molecule has 0 saturated heterocycles. The molecule has 2 heteroatoms. The summed E-state index contributed by atoms with van der Waals surface area (Å²) in [5.41, 5.74) is 4.34. The summed E-state index contributed by atoms with van der Waals surface area (Å²) < 4.78 is 0. The Morgan fingerprint density at radius 3 is 2.90 bits per heavy atom. The van der Waals surface area contributed by atoms with Crippen LogP contribution in [0.2, 0.25) is 0 Å². The highest BCUT2D eigenvalue weighted by atomic mass is 15.0. The highest BCUT2D eigenvalue weighted by Gasteiger charge is 2.27. The third-order valence-electron chi connectivity index (χ3n) is 5.78. The van der Waals surface area contributed by atoms with Crippen molar-refractivity contribution in [2.24, 2.45) is 11.8 Å². The third kappa shape index (κ3) is 2.40. The second kappa shape index (κ2) is 5.49. The van der Waals surface area contributed by atoms with Crippen LogP contribution >= 0.6 is 0 Å². The molecule has 4 rings (SSSR count). The van der Waals surface area contributed by atoms with Gasteiger partial charge in [-0.05, 0) is 55.7 Å². The lowest BCUT2D eigenvalue weighted by atomic mass is 9.90. The van der Waals surface area contributed by atoms with Crippen molar-refractivity contribution >= 4 is 10.9 Å². The number of para-hydroxylation sites is 1. The van der Waals surface area contributed by atoms with Crippen molar-refractivity contribution in [3.8, 4) is 0 Å². The van der Waals surface area contributed by atoms with E-state index in [0.717, 1.165) is 11.8 Å². The van der Waals surface area contributed by atoms with Crippen LogP contribution in [0.5, 0.6) is 0 Å². The molecule has 2 aromatic rings. The molecule has 1 aromatic carbocycles. The van der Waals surface area contributed by atoms with Crippen LogP contribution in [-0.2, 0) is 6.42 Å². The van der Waals surface area contributed by atoms with E-state index in [9.17, 15) is 0 Å². The minimum atomic E-state index is 0.536. The third-order valence-corrected chi connectivity index (χ3v) is 5.78. The molecule has 1 fully saturated rings. The highest BCUT2D eigenvalue weighted by molar-refractivity contribution is 5.85. The van der Waals surface area contributed by atoms with E-state index < -0.39 is 0 Å². The molecule has 3 atom stereocenters. The van der Waals surface area contributed by atoms with Crippen LogP contribution in [0.4, 0.5) is 0 Å². The average molecular weight is 282 g/mol. The molecule has 0 spiro atoms. The van der Waals surface area contributed by atoms with E-state index in [4.69, 9.17) is 0 Å². The van der Waals surface area contributed by atoms with E-state index in [-0.39, 0.29) is 0 Å². The number of aromatic amines is 1. The number of rotatable bonds is 3. The van der Waals surface area contributed by atoms with E-state index in [1.165, 1.54) is 61.7 Å². The summed E-state index contributed by atoms with van der Waals surface area (Å²) in [5.74, 6) is 1.79. The quantitative estimate of drug-likeness (QED) is 0.848. The molecule has 21 heavy (non-hydrogen) atoms. The van der Waals surface area contributed by atoms with Gasteiger partial charge in [-0.1, -0.05) is 38.0 Å². The summed E-state index contributed by atoms with van der Waals surface area (Å²) in [6.07, 6.45) is 8.09. The number of aromatic nitrogens is 1. The number of hydrogen-bond acceptors (Lipinski definition) is 1. The van der Waals surface area contributed by atoms with Gasteiger partial charge in [-0.2, -0.15) is 0 Å². The lowest BCUT2D eigenvalue weighted by molar-refractivity contribution is 0.351. The minimum absolute atomic E-state index is 0.536. The van der Waals surface area contributed by atoms with Crippen LogP contribution in [0.25, 0.3) is 10.9 Å². The molecule has 1 saturated carbocycles. The van der Waals surface area contributed by atoms with E-state index in [1.54, 1.807) is 5.56 Å². The Morgan fingerprint density at radius 1 is 1.14 bits per heavy atom. The van der Waals surface area contributed by atoms with Crippen molar-refractivity contribution in [3.63, 3.8) is 0 Å². The lowest BCUT2D eigenvalue weighted by Crippen LogP contribution is -2.30. The normalized spacial score (nSPS) is 28.9. The topological polar surface area (TPSA) is 27.8 Å². The lowest BCUT2D eigenvalue weighted by Gasteiger charge is -2.26. The zero-order valence-corrected chi connectivity index (χ0v) is 13.0. The first-order valence-electron chi connectivity index (χ1n) is 8.66. The summed E-state index contributed by atoms with van der Waals surface area (Å²) in [6, 6.07) is 9.31. The maximum absolute atomic E-state index is 3.88. The van der Waals surface area contributed by atoms with Gasteiger partial charge in [0.25, 0.3) is 0 Å². The summed E-state index contributed by atoms with van der Waals surface area (Å²) in [5, 5.41) is 5.32. The van der Waals surface area contributed by atoms with Crippen molar-refractivity contribution in [2.75, 3.05) is 6.54 Å². The molecule has 2 aliphatic rings. The van der Waals surface area contributed by atoms with E-state index in [1.807, 2.05) is 0 Å². The average Bonchev–Trinajstić information content (AvgIpc) is 3.09. The van der Waals surface area contributed by atoms with Crippen molar-refractivity contribution in [3.05, 3.63) is 35.5 Å². The van der Waals surface area contributed by atoms with Crippen LogP contribution in [0, 0.1) is 11.8 Å². The van der Waals surface area contributed by atoms with Crippen molar-refractivity contribution in [1.29, 1.82) is 0 Å². The Bertz CT molecular complexity index is 628. The molecule has 1 heterocycles. The number of fused-ring (bicyclic) bond motifs is 3. The van der Waals surface area contributed by atoms with E-state index in [0.29, 0.717) is 6.04 Å². The fourth-order valence-electron chi connectivity index (χ4n) is 4.44. The van der Waals surface area contributed by atoms with Gasteiger partial charge in [-0.25, -0.2) is 0 Å². The molecule has 1 aromatic heterocycles. The molecule has 112 valence electrons. The van der Waals surface area contributed by atoms with Gasteiger partial charge in [0.2, 0.25) is 0 Å². The number of H-pyrrole nitrogens is 1. The van der Waals surface area contributed by atoms with Crippen LogP contribution < -0.4 is 5.32 Å². The molecule has 3 unspecified atom stereocenters. The van der Waals surface area contributed by atoms with Gasteiger partial charge in [0.15, 0.2) is 0 Å². The summed E-state index contributed by atoms with van der Waals surface area (Å²) >= 11 is 0. The second-order valence-electron chi connectivity index (χ2n) is 7.08. The fourth-order valence-corrected chi connectivity index (χ4v) is 4.44. The summed E-state index contributed by atoms with van der Waals surface area (Å²) in [4.78, 5) is 3.69. The highest BCUT2D eigenvalue weighted by Crippen LogP contribution is 2.36. The predicted molar refractivity (Wildman–Crippen MR) is 88.5 cm³/mol. The largest absolute Gasteiger partial charge is 0.357 e. The molecule has 0 radical (unpaired) electrons.